The van der Waals surface area contributed by atoms with E-state index >= 15 is 0 Å². The van der Waals surface area contributed by atoms with Crippen molar-refractivity contribution in [3.8, 4) is 0 Å². The molecule has 18 heavy (non-hydrogen) atoms. The van der Waals surface area contributed by atoms with Gasteiger partial charge in [-0.1, -0.05) is 33.6 Å². The predicted molar refractivity (Wildman–Crippen MR) is 73.3 cm³/mol. The lowest BCUT2D eigenvalue weighted by Crippen LogP contribution is -2.54. The molecule has 0 saturated carbocycles. The Bertz CT molecular complexity index is 259. The zero-order valence-corrected chi connectivity index (χ0v) is 12.0. The molecular formula is C14H28N2O2. The lowest BCUT2D eigenvalue weighted by Gasteiger charge is -2.28. The van der Waals surface area contributed by atoms with Crippen molar-refractivity contribution in [3.63, 3.8) is 0 Å². The second-order valence-corrected chi connectivity index (χ2v) is 5.32. The minimum absolute atomic E-state index is 0.0486. The number of hydrogen-bond donors (Lipinski definition) is 3. The molecule has 0 aromatic heterocycles. The molecule has 1 saturated heterocycles. The molecule has 0 aliphatic carbocycles. The molecule has 1 aliphatic heterocycles. The standard InChI is InChI=1S/C14H28N2O2/c1-4-11(5-2)12(17)10-15-13(18)14(6-3)8-7-9-16-14/h11-12,16-17H,4-10H2,1-3H3,(H,15,18). The number of carbonyl (C=O) groups excluding carboxylic acids is 1. The molecule has 4 heteroatoms. The van der Waals surface area contributed by atoms with Crippen molar-refractivity contribution in [2.45, 2.75) is 64.5 Å². The van der Waals surface area contributed by atoms with E-state index in [0.717, 1.165) is 38.6 Å². The lowest BCUT2D eigenvalue weighted by molar-refractivity contribution is -0.127. The first-order valence-electron chi connectivity index (χ1n) is 7.31. The Morgan fingerprint density at radius 3 is 2.50 bits per heavy atom. The molecule has 2 atom stereocenters. The monoisotopic (exact) mass is 256 g/mol. The summed E-state index contributed by atoms with van der Waals surface area (Å²) in [5, 5.41) is 16.2. The van der Waals surface area contributed by atoms with E-state index in [9.17, 15) is 9.90 Å². The Morgan fingerprint density at radius 2 is 2.06 bits per heavy atom. The molecule has 0 aromatic rings. The van der Waals surface area contributed by atoms with Gasteiger partial charge in [-0.3, -0.25) is 4.79 Å². The number of carbonyl (C=O) groups is 1. The van der Waals surface area contributed by atoms with Crippen LogP contribution in [0.25, 0.3) is 0 Å². The lowest BCUT2D eigenvalue weighted by atomic mass is 9.92. The van der Waals surface area contributed by atoms with Gasteiger partial charge in [0.1, 0.15) is 0 Å². The first-order valence-corrected chi connectivity index (χ1v) is 7.31. The summed E-state index contributed by atoms with van der Waals surface area (Å²) in [6.07, 6.45) is 4.22. The van der Waals surface area contributed by atoms with Crippen LogP contribution in [0, 0.1) is 5.92 Å². The second kappa shape index (κ2) is 7.10. The van der Waals surface area contributed by atoms with E-state index in [1.807, 2.05) is 6.92 Å². The zero-order chi connectivity index (χ0) is 13.6. The Kier molecular flexibility index (Phi) is 6.09. The summed E-state index contributed by atoms with van der Waals surface area (Å²) in [7, 11) is 0. The maximum absolute atomic E-state index is 12.2. The summed E-state index contributed by atoms with van der Waals surface area (Å²) in [4.78, 5) is 12.2. The van der Waals surface area contributed by atoms with Gasteiger partial charge < -0.3 is 15.7 Å². The van der Waals surface area contributed by atoms with Gasteiger partial charge in [-0.25, -0.2) is 0 Å². The molecule has 0 radical (unpaired) electrons. The summed E-state index contributed by atoms with van der Waals surface area (Å²) in [6, 6.07) is 0. The van der Waals surface area contributed by atoms with Gasteiger partial charge in [0.2, 0.25) is 5.91 Å². The Balaban J connectivity index is 2.45. The van der Waals surface area contributed by atoms with Crippen molar-refractivity contribution >= 4 is 5.91 Å². The van der Waals surface area contributed by atoms with Crippen molar-refractivity contribution < 1.29 is 9.90 Å². The van der Waals surface area contributed by atoms with E-state index in [4.69, 9.17) is 0 Å². The van der Waals surface area contributed by atoms with E-state index in [0.29, 0.717) is 6.54 Å². The Morgan fingerprint density at radius 1 is 1.39 bits per heavy atom. The summed E-state index contributed by atoms with van der Waals surface area (Å²) in [5.41, 5.74) is -0.395. The molecule has 4 nitrogen and oxygen atoms in total. The number of hydrogen-bond acceptors (Lipinski definition) is 3. The molecule has 0 bridgehead atoms. The van der Waals surface area contributed by atoms with Crippen LogP contribution in [-0.2, 0) is 4.79 Å². The highest BCUT2D eigenvalue weighted by Gasteiger charge is 2.39. The molecular weight excluding hydrogens is 228 g/mol. The van der Waals surface area contributed by atoms with E-state index in [-0.39, 0.29) is 11.8 Å². The Hall–Kier alpha value is -0.610. The van der Waals surface area contributed by atoms with Crippen LogP contribution in [0.4, 0.5) is 0 Å². The summed E-state index contributed by atoms with van der Waals surface area (Å²) >= 11 is 0. The molecule has 106 valence electrons. The summed E-state index contributed by atoms with van der Waals surface area (Å²) in [6.45, 7) is 7.47. The highest BCUT2D eigenvalue weighted by Crippen LogP contribution is 2.23. The molecule has 0 spiro atoms. The normalized spacial score (nSPS) is 25.4. The zero-order valence-electron chi connectivity index (χ0n) is 12.0. The van der Waals surface area contributed by atoms with Crippen LogP contribution in [0.5, 0.6) is 0 Å². The molecule has 1 aliphatic rings. The smallest absolute Gasteiger partial charge is 0.240 e. The van der Waals surface area contributed by atoms with Gasteiger partial charge in [0.05, 0.1) is 11.6 Å². The first-order chi connectivity index (χ1) is 8.59. The van der Waals surface area contributed by atoms with Crippen LogP contribution in [0.2, 0.25) is 0 Å². The first kappa shape index (κ1) is 15.4. The average molecular weight is 256 g/mol. The van der Waals surface area contributed by atoms with Crippen LogP contribution in [0.3, 0.4) is 0 Å². The third-order valence-electron chi connectivity index (χ3n) is 4.35. The number of aliphatic hydroxyl groups excluding tert-OH is 1. The highest BCUT2D eigenvalue weighted by atomic mass is 16.3. The second-order valence-electron chi connectivity index (χ2n) is 5.32. The summed E-state index contributed by atoms with van der Waals surface area (Å²) < 4.78 is 0. The molecule has 1 fully saturated rings. The van der Waals surface area contributed by atoms with Crippen LogP contribution >= 0.6 is 0 Å². The average Bonchev–Trinajstić information content (AvgIpc) is 2.87. The molecule has 2 unspecified atom stereocenters. The van der Waals surface area contributed by atoms with Crippen molar-refractivity contribution in [1.82, 2.24) is 10.6 Å². The highest BCUT2D eigenvalue weighted by molar-refractivity contribution is 5.86. The number of rotatable bonds is 7. The van der Waals surface area contributed by atoms with Crippen LogP contribution in [0.1, 0.15) is 52.9 Å². The maximum atomic E-state index is 12.2. The molecule has 1 heterocycles. The SMILES string of the molecule is CCC(CC)C(O)CNC(=O)C1(CC)CCCN1. The van der Waals surface area contributed by atoms with Gasteiger partial charge in [-0.05, 0) is 31.7 Å². The van der Waals surface area contributed by atoms with E-state index in [2.05, 4.69) is 24.5 Å². The fraction of sp³-hybridized carbons (Fsp3) is 0.929. The predicted octanol–water partition coefficient (Wildman–Crippen LogP) is 1.43. The van der Waals surface area contributed by atoms with Crippen molar-refractivity contribution in [1.29, 1.82) is 0 Å². The molecule has 3 N–H and O–H groups in total. The molecule has 1 rings (SSSR count). The van der Waals surface area contributed by atoms with Gasteiger partial charge >= 0.3 is 0 Å². The number of aliphatic hydroxyl groups is 1. The molecule has 0 aromatic carbocycles. The minimum Gasteiger partial charge on any atom is -0.391 e. The Labute approximate surface area is 111 Å². The van der Waals surface area contributed by atoms with E-state index in [1.54, 1.807) is 0 Å². The van der Waals surface area contributed by atoms with Crippen molar-refractivity contribution in [2.24, 2.45) is 5.92 Å². The van der Waals surface area contributed by atoms with Gasteiger partial charge in [0.15, 0.2) is 0 Å². The minimum atomic E-state index is -0.431. The van der Waals surface area contributed by atoms with Crippen molar-refractivity contribution in [3.05, 3.63) is 0 Å². The van der Waals surface area contributed by atoms with E-state index in [1.165, 1.54) is 0 Å². The van der Waals surface area contributed by atoms with Crippen LogP contribution in [-0.4, -0.2) is 35.7 Å². The topological polar surface area (TPSA) is 61.4 Å². The number of nitrogens with one attached hydrogen (secondary N) is 2. The quantitative estimate of drug-likeness (QED) is 0.646. The van der Waals surface area contributed by atoms with Crippen LogP contribution < -0.4 is 10.6 Å². The van der Waals surface area contributed by atoms with Crippen LogP contribution in [0.15, 0.2) is 0 Å². The summed E-state index contributed by atoms with van der Waals surface area (Å²) in [5.74, 6) is 0.326. The van der Waals surface area contributed by atoms with Gasteiger partial charge in [-0.2, -0.15) is 0 Å². The fourth-order valence-electron chi connectivity index (χ4n) is 2.83. The van der Waals surface area contributed by atoms with Gasteiger partial charge in [-0.15, -0.1) is 0 Å². The fourth-order valence-corrected chi connectivity index (χ4v) is 2.83. The largest absolute Gasteiger partial charge is 0.391 e. The third-order valence-corrected chi connectivity index (χ3v) is 4.35. The van der Waals surface area contributed by atoms with Gasteiger partial charge in [0, 0.05) is 6.54 Å². The molecule has 1 amide bonds. The van der Waals surface area contributed by atoms with Gasteiger partial charge in [0.25, 0.3) is 0 Å². The van der Waals surface area contributed by atoms with Crippen molar-refractivity contribution in [2.75, 3.05) is 13.1 Å². The number of amides is 1. The third kappa shape index (κ3) is 3.45. The maximum Gasteiger partial charge on any atom is 0.240 e. The van der Waals surface area contributed by atoms with E-state index < -0.39 is 11.6 Å².